The largest absolute Gasteiger partial charge is 0.355 e. The van der Waals surface area contributed by atoms with Gasteiger partial charge in [-0.3, -0.25) is 0 Å². The zero-order valence-electron chi connectivity index (χ0n) is 14.5. The summed E-state index contributed by atoms with van der Waals surface area (Å²) >= 11 is 3.68. The van der Waals surface area contributed by atoms with E-state index in [1.54, 1.807) is 0 Å². The van der Waals surface area contributed by atoms with Crippen molar-refractivity contribution < 1.29 is 0 Å². The normalized spacial score (nSPS) is 14.7. The Kier molecular flexibility index (Phi) is 3.01. The molecule has 6 rings (SSSR count). The van der Waals surface area contributed by atoms with Crippen molar-refractivity contribution in [3.05, 3.63) is 118 Å². The molecule has 1 spiro atoms. The lowest BCUT2D eigenvalue weighted by molar-refractivity contribution is 0.763. The Morgan fingerprint density at radius 3 is 1.81 bits per heavy atom. The van der Waals surface area contributed by atoms with Gasteiger partial charge in [-0.2, -0.15) is 0 Å². The highest BCUT2D eigenvalue weighted by atomic mass is 79.9. The second-order valence-corrected chi connectivity index (χ2v) is 8.12. The molecule has 27 heavy (non-hydrogen) atoms. The number of hydrogen-bond donors (Lipinski definition) is 1. The maximum Gasteiger partial charge on any atom is 0.0753 e. The number of para-hydroxylation sites is 2. The topological polar surface area (TPSA) is 12.0 Å². The lowest BCUT2D eigenvalue weighted by Crippen LogP contribution is -2.33. The van der Waals surface area contributed by atoms with Gasteiger partial charge in [0.25, 0.3) is 0 Å². The van der Waals surface area contributed by atoms with Crippen molar-refractivity contribution in [3.63, 3.8) is 0 Å². The van der Waals surface area contributed by atoms with Gasteiger partial charge in [-0.15, -0.1) is 0 Å². The van der Waals surface area contributed by atoms with E-state index < -0.39 is 0 Å². The van der Waals surface area contributed by atoms with E-state index >= 15 is 0 Å². The van der Waals surface area contributed by atoms with Crippen LogP contribution in [0.4, 0.5) is 11.4 Å². The number of hydrogen-bond acceptors (Lipinski definition) is 1. The predicted octanol–water partition coefficient (Wildman–Crippen LogP) is 6.87. The van der Waals surface area contributed by atoms with Crippen LogP contribution in [0.15, 0.2) is 95.5 Å². The zero-order valence-corrected chi connectivity index (χ0v) is 16.1. The van der Waals surface area contributed by atoms with Gasteiger partial charge in [-0.05, 0) is 57.6 Å². The summed E-state index contributed by atoms with van der Waals surface area (Å²) in [5, 5.41) is 3.66. The summed E-state index contributed by atoms with van der Waals surface area (Å²) in [6.07, 6.45) is 0. The SMILES string of the molecule is Brc1ccc2c(c1)-c1ccccc1C21c2ccccc2Nc2ccccc21. The summed E-state index contributed by atoms with van der Waals surface area (Å²) < 4.78 is 1.11. The van der Waals surface area contributed by atoms with E-state index in [0.717, 1.165) is 4.47 Å². The summed E-state index contributed by atoms with van der Waals surface area (Å²) in [7, 11) is 0. The molecule has 1 aliphatic carbocycles. The van der Waals surface area contributed by atoms with Crippen molar-refractivity contribution in [3.8, 4) is 11.1 Å². The predicted molar refractivity (Wildman–Crippen MR) is 115 cm³/mol. The van der Waals surface area contributed by atoms with Gasteiger partial charge >= 0.3 is 0 Å². The van der Waals surface area contributed by atoms with E-state index in [-0.39, 0.29) is 5.41 Å². The van der Waals surface area contributed by atoms with Crippen molar-refractivity contribution in [2.24, 2.45) is 0 Å². The molecule has 0 amide bonds. The highest BCUT2D eigenvalue weighted by molar-refractivity contribution is 9.10. The van der Waals surface area contributed by atoms with E-state index in [1.807, 2.05) is 0 Å². The van der Waals surface area contributed by atoms with Gasteiger partial charge in [-0.1, -0.05) is 82.7 Å². The Hall–Kier alpha value is -2.84. The van der Waals surface area contributed by atoms with Crippen LogP contribution in [0.2, 0.25) is 0 Å². The fourth-order valence-corrected chi connectivity index (χ4v) is 5.33. The van der Waals surface area contributed by atoms with Crippen molar-refractivity contribution >= 4 is 27.3 Å². The molecule has 1 N–H and O–H groups in total. The minimum Gasteiger partial charge on any atom is -0.355 e. The number of anilines is 2. The number of benzene rings is 4. The number of fused-ring (bicyclic) bond motifs is 9. The van der Waals surface area contributed by atoms with Gasteiger partial charge in [0.2, 0.25) is 0 Å². The molecule has 0 atom stereocenters. The second-order valence-electron chi connectivity index (χ2n) is 7.20. The average molecular weight is 410 g/mol. The first-order valence-corrected chi connectivity index (χ1v) is 9.95. The maximum atomic E-state index is 3.68. The fourth-order valence-electron chi connectivity index (χ4n) is 4.97. The van der Waals surface area contributed by atoms with Gasteiger partial charge in [0.05, 0.1) is 5.41 Å². The minimum atomic E-state index is -0.287. The molecule has 128 valence electrons. The molecule has 0 saturated carbocycles. The lowest BCUT2D eigenvalue weighted by atomic mass is 9.65. The first kappa shape index (κ1) is 15.2. The monoisotopic (exact) mass is 409 g/mol. The molecule has 2 aliphatic rings. The van der Waals surface area contributed by atoms with Gasteiger partial charge in [-0.25, -0.2) is 0 Å². The molecule has 0 fully saturated rings. The average Bonchev–Trinajstić information content (AvgIpc) is 2.99. The molecule has 4 aromatic rings. The summed E-state index contributed by atoms with van der Waals surface area (Å²) in [6.45, 7) is 0. The maximum absolute atomic E-state index is 3.68. The molecule has 0 radical (unpaired) electrons. The molecule has 4 aromatic carbocycles. The lowest BCUT2D eigenvalue weighted by Gasteiger charge is -2.40. The summed E-state index contributed by atoms with van der Waals surface area (Å²) in [5.74, 6) is 0. The first-order valence-electron chi connectivity index (χ1n) is 9.16. The van der Waals surface area contributed by atoms with Gasteiger partial charge in [0.15, 0.2) is 0 Å². The molecule has 0 aromatic heterocycles. The van der Waals surface area contributed by atoms with E-state index in [1.165, 1.54) is 44.8 Å². The van der Waals surface area contributed by atoms with Gasteiger partial charge < -0.3 is 5.32 Å². The molecular formula is C25H16BrN. The van der Waals surface area contributed by atoms with E-state index in [0.29, 0.717) is 0 Å². The third-order valence-corrected chi connectivity index (χ3v) is 6.43. The molecule has 1 aliphatic heterocycles. The van der Waals surface area contributed by atoms with Crippen molar-refractivity contribution in [1.29, 1.82) is 0 Å². The van der Waals surface area contributed by atoms with Crippen LogP contribution in [0.5, 0.6) is 0 Å². The Labute approximate surface area is 166 Å². The first-order chi connectivity index (χ1) is 13.3. The van der Waals surface area contributed by atoms with Gasteiger partial charge in [0, 0.05) is 15.8 Å². The summed E-state index contributed by atoms with van der Waals surface area (Å²) in [4.78, 5) is 0. The standard InChI is InChI=1S/C25H16BrN/c26-16-13-14-20-18(15-16)17-7-1-2-8-19(17)25(20)21-9-3-5-11-23(21)27-24-12-6-4-10-22(24)25/h1-15,27H. The van der Waals surface area contributed by atoms with Crippen LogP contribution in [0.1, 0.15) is 22.3 Å². The molecule has 1 nitrogen and oxygen atoms in total. The quantitative estimate of drug-likeness (QED) is 0.288. The van der Waals surface area contributed by atoms with Crippen LogP contribution in [0, 0.1) is 0 Å². The third-order valence-electron chi connectivity index (χ3n) is 5.94. The minimum absolute atomic E-state index is 0.287. The zero-order chi connectivity index (χ0) is 18.0. The third kappa shape index (κ3) is 1.84. The molecular weight excluding hydrogens is 394 g/mol. The van der Waals surface area contributed by atoms with Crippen molar-refractivity contribution in [1.82, 2.24) is 0 Å². The van der Waals surface area contributed by atoms with E-state index in [9.17, 15) is 0 Å². The molecule has 0 saturated heterocycles. The second kappa shape index (κ2) is 5.34. The fraction of sp³-hybridized carbons (Fsp3) is 0.0400. The van der Waals surface area contributed by atoms with Crippen LogP contribution < -0.4 is 5.32 Å². The smallest absolute Gasteiger partial charge is 0.0753 e. The Balaban J connectivity index is 1.86. The van der Waals surface area contributed by atoms with Crippen molar-refractivity contribution in [2.75, 3.05) is 5.32 Å². The summed E-state index contributed by atoms with van der Waals surface area (Å²) in [6, 6.07) is 33.0. The Morgan fingerprint density at radius 2 is 1.11 bits per heavy atom. The summed E-state index contributed by atoms with van der Waals surface area (Å²) in [5.41, 5.74) is 10.1. The molecule has 0 bridgehead atoms. The van der Waals surface area contributed by atoms with Crippen LogP contribution >= 0.6 is 15.9 Å². The number of rotatable bonds is 0. The van der Waals surface area contributed by atoms with Crippen LogP contribution in [-0.2, 0) is 5.41 Å². The molecule has 1 heterocycles. The molecule has 2 heteroatoms. The number of nitrogens with one attached hydrogen (secondary N) is 1. The van der Waals surface area contributed by atoms with Crippen LogP contribution in [-0.4, -0.2) is 0 Å². The Morgan fingerprint density at radius 1 is 0.556 bits per heavy atom. The van der Waals surface area contributed by atoms with Crippen LogP contribution in [0.25, 0.3) is 11.1 Å². The van der Waals surface area contributed by atoms with Crippen molar-refractivity contribution in [2.45, 2.75) is 5.41 Å². The number of halogens is 1. The van der Waals surface area contributed by atoms with E-state index in [4.69, 9.17) is 0 Å². The van der Waals surface area contributed by atoms with Crippen LogP contribution in [0.3, 0.4) is 0 Å². The highest BCUT2D eigenvalue weighted by Gasteiger charge is 2.49. The molecule has 0 unspecified atom stereocenters. The highest BCUT2D eigenvalue weighted by Crippen LogP contribution is 2.60. The van der Waals surface area contributed by atoms with E-state index in [2.05, 4.69) is 112 Å². The van der Waals surface area contributed by atoms with Gasteiger partial charge in [0.1, 0.15) is 0 Å². The Bertz CT molecular complexity index is 1180.